The summed E-state index contributed by atoms with van der Waals surface area (Å²) < 4.78 is 43.8. The second kappa shape index (κ2) is 11.0. The number of hydrogen-bond acceptors (Lipinski definition) is 3. The molecule has 0 saturated carbocycles. The third-order valence-corrected chi connectivity index (χ3v) is 5.16. The van der Waals surface area contributed by atoms with E-state index in [2.05, 4.69) is 5.32 Å². The summed E-state index contributed by atoms with van der Waals surface area (Å²) in [4.78, 5) is 23.8. The fraction of sp³-hybridized carbons (Fsp3) is 0.360. The molecule has 33 heavy (non-hydrogen) atoms. The number of rotatable bonds is 10. The first-order valence-electron chi connectivity index (χ1n) is 10.6. The molecule has 0 aromatic heterocycles. The Morgan fingerprint density at radius 3 is 2.33 bits per heavy atom. The molecule has 2 N–H and O–H groups in total. The zero-order valence-electron chi connectivity index (χ0n) is 18.8. The molecule has 5 nitrogen and oxygen atoms in total. The van der Waals surface area contributed by atoms with Crippen LogP contribution >= 0.6 is 0 Å². The Bertz CT molecular complexity index is 995. The molecule has 0 heterocycles. The van der Waals surface area contributed by atoms with Crippen LogP contribution in [-0.2, 0) is 15.8 Å². The van der Waals surface area contributed by atoms with Crippen LogP contribution in [-0.4, -0.2) is 23.6 Å². The normalized spacial score (nSPS) is 12.4. The van der Waals surface area contributed by atoms with E-state index in [1.807, 2.05) is 0 Å². The molecule has 0 aliphatic heterocycles. The summed E-state index contributed by atoms with van der Waals surface area (Å²) in [6.07, 6.45) is -1.49. The number of carboxylic acids is 1. The Morgan fingerprint density at radius 2 is 1.76 bits per heavy atom. The molecule has 8 heteroatoms. The van der Waals surface area contributed by atoms with E-state index in [1.165, 1.54) is 12.1 Å². The Morgan fingerprint density at radius 1 is 1.09 bits per heavy atom. The number of halogens is 3. The summed E-state index contributed by atoms with van der Waals surface area (Å²) in [5, 5.41) is 12.0. The van der Waals surface area contributed by atoms with Crippen LogP contribution < -0.4 is 10.1 Å². The van der Waals surface area contributed by atoms with Crippen molar-refractivity contribution >= 4 is 23.6 Å². The summed E-state index contributed by atoms with van der Waals surface area (Å²) in [6, 6.07) is 11.5. The fourth-order valence-electron chi connectivity index (χ4n) is 3.06. The number of carboxylic acid groups (broad SMARTS) is 1. The van der Waals surface area contributed by atoms with Crippen LogP contribution in [0.3, 0.4) is 0 Å². The van der Waals surface area contributed by atoms with Crippen LogP contribution in [0.15, 0.2) is 54.1 Å². The molecule has 0 radical (unpaired) electrons. The first kappa shape index (κ1) is 26.0. The van der Waals surface area contributed by atoms with E-state index < -0.39 is 23.1 Å². The maximum Gasteiger partial charge on any atom is 0.416 e. The van der Waals surface area contributed by atoms with Crippen molar-refractivity contribution < 1.29 is 32.6 Å². The van der Waals surface area contributed by atoms with Gasteiger partial charge in [-0.2, -0.15) is 13.2 Å². The molecular weight excluding hydrogens is 435 g/mol. The molecule has 0 unspecified atom stereocenters. The zero-order valence-corrected chi connectivity index (χ0v) is 18.8. The average molecular weight is 463 g/mol. The van der Waals surface area contributed by atoms with Crippen LogP contribution in [0.1, 0.15) is 51.2 Å². The lowest BCUT2D eigenvalue weighted by Gasteiger charge is -2.23. The number of hydrogen-bond donors (Lipinski definition) is 2. The third-order valence-electron chi connectivity index (χ3n) is 5.16. The number of amides is 1. The van der Waals surface area contributed by atoms with E-state index in [1.54, 1.807) is 51.1 Å². The Kier molecular flexibility index (Phi) is 8.68. The van der Waals surface area contributed by atoms with E-state index in [0.29, 0.717) is 30.5 Å². The van der Waals surface area contributed by atoms with Crippen LogP contribution in [0.4, 0.5) is 18.9 Å². The van der Waals surface area contributed by atoms with Gasteiger partial charge in [-0.05, 0) is 61.2 Å². The van der Waals surface area contributed by atoms with Gasteiger partial charge in [0.15, 0.2) is 0 Å². The van der Waals surface area contributed by atoms with E-state index in [9.17, 15) is 22.8 Å². The van der Waals surface area contributed by atoms with Gasteiger partial charge in [-0.1, -0.05) is 39.0 Å². The first-order chi connectivity index (χ1) is 15.4. The minimum Gasteiger partial charge on any atom is -0.494 e. The summed E-state index contributed by atoms with van der Waals surface area (Å²) in [7, 11) is 0. The molecule has 0 saturated heterocycles. The highest BCUT2D eigenvalue weighted by molar-refractivity contribution is 5.95. The van der Waals surface area contributed by atoms with Gasteiger partial charge in [-0.25, -0.2) is 4.79 Å². The molecule has 1 amide bonds. The smallest absolute Gasteiger partial charge is 0.416 e. The molecule has 2 aromatic carbocycles. The number of anilines is 1. The van der Waals surface area contributed by atoms with Crippen molar-refractivity contribution in [3.63, 3.8) is 0 Å². The third kappa shape index (κ3) is 7.97. The van der Waals surface area contributed by atoms with Crippen molar-refractivity contribution in [3.05, 3.63) is 65.2 Å². The molecule has 0 spiro atoms. The Hall–Kier alpha value is -3.29. The lowest BCUT2D eigenvalue weighted by molar-refractivity contribution is -0.137. The lowest BCUT2D eigenvalue weighted by atomic mass is 9.87. The predicted molar refractivity (Wildman–Crippen MR) is 121 cm³/mol. The number of alkyl halides is 3. The number of aliphatic carboxylic acids is 1. The SMILES string of the molecule is CC/C(=C\c1ccc(NC(=O)C(C)(C)CCCOc2cccc(C(F)(F)F)c2)cc1)C(=O)O. The molecule has 0 atom stereocenters. The van der Waals surface area contributed by atoms with Crippen molar-refractivity contribution in [2.75, 3.05) is 11.9 Å². The van der Waals surface area contributed by atoms with Gasteiger partial charge in [0.25, 0.3) is 0 Å². The number of ether oxygens (including phenoxy) is 1. The molecule has 0 bridgehead atoms. The molecule has 0 aliphatic carbocycles. The van der Waals surface area contributed by atoms with Gasteiger partial charge in [0, 0.05) is 16.7 Å². The highest BCUT2D eigenvalue weighted by atomic mass is 19.4. The zero-order chi connectivity index (χ0) is 24.6. The van der Waals surface area contributed by atoms with Gasteiger partial charge >= 0.3 is 12.1 Å². The van der Waals surface area contributed by atoms with Crippen LogP contribution in [0.25, 0.3) is 6.08 Å². The van der Waals surface area contributed by atoms with Crippen molar-refractivity contribution in [2.24, 2.45) is 5.41 Å². The van der Waals surface area contributed by atoms with E-state index in [4.69, 9.17) is 9.84 Å². The summed E-state index contributed by atoms with van der Waals surface area (Å²) in [5.41, 5.74) is 0.0986. The quantitative estimate of drug-likeness (QED) is 0.315. The first-order valence-corrected chi connectivity index (χ1v) is 10.6. The van der Waals surface area contributed by atoms with Crippen molar-refractivity contribution in [2.45, 2.75) is 46.2 Å². The molecule has 0 fully saturated rings. The van der Waals surface area contributed by atoms with Crippen LogP contribution in [0, 0.1) is 5.41 Å². The highest BCUT2D eigenvalue weighted by Crippen LogP contribution is 2.31. The topological polar surface area (TPSA) is 75.6 Å². The number of benzene rings is 2. The second-order valence-electron chi connectivity index (χ2n) is 8.27. The van der Waals surface area contributed by atoms with E-state index in [-0.39, 0.29) is 18.3 Å². The van der Waals surface area contributed by atoms with Gasteiger partial charge in [-0.15, -0.1) is 0 Å². The van der Waals surface area contributed by atoms with Gasteiger partial charge in [-0.3, -0.25) is 4.79 Å². The van der Waals surface area contributed by atoms with Crippen LogP contribution in [0.5, 0.6) is 5.75 Å². The Labute approximate surface area is 191 Å². The van der Waals surface area contributed by atoms with Gasteiger partial charge < -0.3 is 15.2 Å². The van der Waals surface area contributed by atoms with E-state index >= 15 is 0 Å². The van der Waals surface area contributed by atoms with Crippen molar-refractivity contribution in [1.82, 2.24) is 0 Å². The fourth-order valence-corrected chi connectivity index (χ4v) is 3.06. The second-order valence-corrected chi connectivity index (χ2v) is 8.27. The summed E-state index contributed by atoms with van der Waals surface area (Å²) in [6.45, 7) is 5.51. The largest absolute Gasteiger partial charge is 0.494 e. The number of nitrogens with one attached hydrogen (secondary N) is 1. The highest BCUT2D eigenvalue weighted by Gasteiger charge is 2.31. The summed E-state index contributed by atoms with van der Waals surface area (Å²) in [5.74, 6) is -1.03. The predicted octanol–water partition coefficient (Wildman–Crippen LogP) is 6.41. The standard InChI is InChI=1S/C25H28F3NO4/c1-4-18(22(30)31)15-17-9-11-20(12-10-17)29-23(32)24(2,3)13-6-14-33-21-8-5-7-19(16-21)25(26,27)28/h5,7-12,15-16H,4,6,13-14H2,1-3H3,(H,29,32)(H,30,31)/b18-15+. The van der Waals surface area contributed by atoms with Crippen LogP contribution in [0.2, 0.25) is 0 Å². The molecule has 2 rings (SSSR count). The lowest BCUT2D eigenvalue weighted by Crippen LogP contribution is -2.31. The number of carbonyl (C=O) groups is 2. The minimum atomic E-state index is -4.43. The van der Waals surface area contributed by atoms with Crippen molar-refractivity contribution in [1.29, 1.82) is 0 Å². The van der Waals surface area contributed by atoms with Gasteiger partial charge in [0.1, 0.15) is 5.75 Å². The average Bonchev–Trinajstić information content (AvgIpc) is 2.75. The molecule has 178 valence electrons. The number of carbonyl (C=O) groups excluding carboxylic acids is 1. The Balaban J connectivity index is 1.88. The maximum atomic E-state index is 12.8. The van der Waals surface area contributed by atoms with Crippen molar-refractivity contribution in [3.8, 4) is 5.75 Å². The minimum absolute atomic E-state index is 0.135. The van der Waals surface area contributed by atoms with Gasteiger partial charge in [0.2, 0.25) is 5.91 Å². The van der Waals surface area contributed by atoms with E-state index in [0.717, 1.165) is 17.7 Å². The monoisotopic (exact) mass is 463 g/mol. The molecule has 0 aliphatic rings. The van der Waals surface area contributed by atoms with Gasteiger partial charge in [0.05, 0.1) is 12.2 Å². The maximum absolute atomic E-state index is 12.8. The summed E-state index contributed by atoms with van der Waals surface area (Å²) >= 11 is 0. The molecular formula is C25H28F3NO4. The molecule has 2 aromatic rings.